The molecule has 9 heteroatoms. The van der Waals surface area contributed by atoms with Crippen LogP contribution in [0, 0.1) is 6.92 Å². The van der Waals surface area contributed by atoms with Crippen molar-refractivity contribution < 1.29 is 13.2 Å². The Labute approximate surface area is 184 Å². The van der Waals surface area contributed by atoms with Crippen LogP contribution in [-0.4, -0.2) is 41.5 Å². The second kappa shape index (κ2) is 9.11. The largest absolute Gasteiger partial charge is 0.306 e. The van der Waals surface area contributed by atoms with Crippen LogP contribution in [0.15, 0.2) is 64.0 Å². The first kappa shape index (κ1) is 22.2. The summed E-state index contributed by atoms with van der Waals surface area (Å²) in [4.78, 5) is 12.9. The van der Waals surface area contributed by atoms with Gasteiger partial charge in [-0.05, 0) is 49.4 Å². The van der Waals surface area contributed by atoms with Gasteiger partial charge in [0.05, 0.1) is 16.3 Å². The Kier molecular flexibility index (Phi) is 6.74. The van der Waals surface area contributed by atoms with Gasteiger partial charge in [0.1, 0.15) is 5.82 Å². The zero-order valence-corrected chi connectivity index (χ0v) is 19.4. The van der Waals surface area contributed by atoms with Gasteiger partial charge in [0.2, 0.25) is 10.0 Å². The molecule has 0 fully saturated rings. The van der Waals surface area contributed by atoms with Crippen LogP contribution in [-0.2, 0) is 10.0 Å². The molecule has 0 saturated heterocycles. The van der Waals surface area contributed by atoms with Gasteiger partial charge in [-0.1, -0.05) is 35.8 Å². The van der Waals surface area contributed by atoms with Gasteiger partial charge in [-0.25, -0.2) is 13.1 Å². The highest BCUT2D eigenvalue weighted by Gasteiger charge is 2.22. The van der Waals surface area contributed by atoms with E-state index in [-0.39, 0.29) is 10.8 Å². The molecule has 1 aromatic heterocycles. The van der Waals surface area contributed by atoms with Crippen LogP contribution in [0.1, 0.15) is 29.9 Å². The average Bonchev–Trinajstić information content (AvgIpc) is 3.09. The lowest BCUT2D eigenvalue weighted by atomic mass is 10.2. The summed E-state index contributed by atoms with van der Waals surface area (Å²) in [5, 5.41) is 7.30. The summed E-state index contributed by atoms with van der Waals surface area (Å²) in [7, 11) is -3.56. The number of sulfonamides is 1. The first-order chi connectivity index (χ1) is 14.3. The molecule has 7 nitrogen and oxygen atoms in total. The van der Waals surface area contributed by atoms with E-state index in [2.05, 4.69) is 26.3 Å². The minimum absolute atomic E-state index is 0.165. The van der Waals surface area contributed by atoms with Gasteiger partial charge in [-0.3, -0.25) is 4.79 Å². The predicted molar refractivity (Wildman–Crippen MR) is 121 cm³/mol. The number of hydrogen-bond acceptors (Lipinski definition) is 4. The fraction of sp³-hybridized carbons (Fsp3) is 0.238. The molecule has 2 aromatic carbocycles. The Morgan fingerprint density at radius 3 is 2.37 bits per heavy atom. The van der Waals surface area contributed by atoms with E-state index in [1.54, 1.807) is 24.6 Å². The van der Waals surface area contributed by atoms with Crippen LogP contribution in [0.3, 0.4) is 0 Å². The second-order valence-corrected chi connectivity index (χ2v) is 9.48. The SMILES string of the molecule is CCN(CC)S(=O)(=O)c1ccc(C(=O)Nc2cc(C)nn2-c2cccc(Br)c2)cc1. The second-order valence-electron chi connectivity index (χ2n) is 6.63. The minimum Gasteiger partial charge on any atom is -0.306 e. The van der Waals surface area contributed by atoms with Crippen molar-refractivity contribution >= 4 is 37.7 Å². The molecule has 0 aliphatic heterocycles. The maximum Gasteiger partial charge on any atom is 0.256 e. The topological polar surface area (TPSA) is 84.3 Å². The van der Waals surface area contributed by atoms with E-state index >= 15 is 0 Å². The van der Waals surface area contributed by atoms with Crippen LogP contribution in [0.4, 0.5) is 5.82 Å². The zero-order chi connectivity index (χ0) is 21.9. The number of hydrogen-bond donors (Lipinski definition) is 1. The third-order valence-electron chi connectivity index (χ3n) is 4.59. The van der Waals surface area contributed by atoms with Crippen LogP contribution >= 0.6 is 15.9 Å². The van der Waals surface area contributed by atoms with E-state index in [9.17, 15) is 13.2 Å². The van der Waals surface area contributed by atoms with E-state index in [1.165, 1.54) is 28.6 Å². The third-order valence-corrected chi connectivity index (χ3v) is 7.14. The molecule has 3 rings (SSSR count). The van der Waals surface area contributed by atoms with Gasteiger partial charge in [0, 0.05) is 29.2 Å². The molecule has 1 N–H and O–H groups in total. The maximum absolute atomic E-state index is 12.8. The van der Waals surface area contributed by atoms with E-state index < -0.39 is 10.0 Å². The molecular formula is C21H23BrN4O3S. The first-order valence-electron chi connectivity index (χ1n) is 9.50. The number of nitrogens with zero attached hydrogens (tertiary/aromatic N) is 3. The molecule has 0 radical (unpaired) electrons. The molecule has 1 amide bonds. The molecule has 158 valence electrons. The average molecular weight is 491 g/mol. The number of carbonyl (C=O) groups is 1. The number of anilines is 1. The van der Waals surface area contributed by atoms with Crippen LogP contribution in [0.2, 0.25) is 0 Å². The third kappa shape index (κ3) is 4.63. The van der Waals surface area contributed by atoms with Crippen LogP contribution < -0.4 is 5.32 Å². The lowest BCUT2D eigenvalue weighted by Gasteiger charge is -2.18. The van der Waals surface area contributed by atoms with Gasteiger partial charge < -0.3 is 5.32 Å². The van der Waals surface area contributed by atoms with Crippen LogP contribution in [0.5, 0.6) is 0 Å². The molecule has 0 bridgehead atoms. The van der Waals surface area contributed by atoms with Gasteiger partial charge in [0.15, 0.2) is 0 Å². The number of rotatable bonds is 7. The normalized spacial score (nSPS) is 11.6. The number of carbonyl (C=O) groups excluding carboxylic acids is 1. The lowest BCUT2D eigenvalue weighted by Crippen LogP contribution is -2.30. The van der Waals surface area contributed by atoms with E-state index in [0.717, 1.165) is 15.9 Å². The lowest BCUT2D eigenvalue weighted by molar-refractivity contribution is 0.102. The fourth-order valence-corrected chi connectivity index (χ4v) is 4.92. The van der Waals surface area contributed by atoms with Crippen molar-refractivity contribution in [3.05, 3.63) is 70.3 Å². The number of amides is 1. The summed E-state index contributed by atoms with van der Waals surface area (Å²) in [6, 6.07) is 15.3. The van der Waals surface area contributed by atoms with Crippen LogP contribution in [0.25, 0.3) is 5.69 Å². The molecule has 30 heavy (non-hydrogen) atoms. The monoisotopic (exact) mass is 490 g/mol. The van der Waals surface area contributed by atoms with Crippen molar-refractivity contribution in [2.45, 2.75) is 25.7 Å². The standard InChI is InChI=1S/C21H23BrN4O3S/c1-4-25(5-2)30(28,29)19-11-9-16(10-12-19)21(27)23-20-13-15(3)24-26(20)18-8-6-7-17(22)14-18/h6-14H,4-5H2,1-3H3,(H,23,27). The van der Waals surface area contributed by atoms with Crippen molar-refractivity contribution in [3.8, 4) is 5.69 Å². The van der Waals surface area contributed by atoms with Crippen molar-refractivity contribution in [1.82, 2.24) is 14.1 Å². The molecule has 0 atom stereocenters. The smallest absolute Gasteiger partial charge is 0.256 e. The summed E-state index contributed by atoms with van der Waals surface area (Å²) in [6.45, 7) is 6.20. The Balaban J connectivity index is 1.84. The molecular weight excluding hydrogens is 468 g/mol. The van der Waals surface area contributed by atoms with E-state index in [0.29, 0.717) is 24.5 Å². The van der Waals surface area contributed by atoms with Gasteiger partial charge in [-0.2, -0.15) is 9.40 Å². The van der Waals surface area contributed by atoms with Crippen molar-refractivity contribution in [3.63, 3.8) is 0 Å². The number of halogens is 1. The molecule has 3 aromatic rings. The van der Waals surface area contributed by atoms with Crippen molar-refractivity contribution in [1.29, 1.82) is 0 Å². The van der Waals surface area contributed by atoms with Crippen molar-refractivity contribution in [2.75, 3.05) is 18.4 Å². The Bertz CT molecular complexity index is 1150. The maximum atomic E-state index is 12.8. The van der Waals surface area contributed by atoms with Crippen molar-refractivity contribution in [2.24, 2.45) is 0 Å². The number of aromatic nitrogens is 2. The Morgan fingerprint density at radius 2 is 1.77 bits per heavy atom. The summed E-state index contributed by atoms with van der Waals surface area (Å²) < 4.78 is 29.1. The number of nitrogens with one attached hydrogen (secondary N) is 1. The highest BCUT2D eigenvalue weighted by atomic mass is 79.9. The van der Waals surface area contributed by atoms with E-state index in [1.807, 2.05) is 31.2 Å². The predicted octanol–water partition coefficient (Wildman–Crippen LogP) is 4.23. The van der Waals surface area contributed by atoms with E-state index in [4.69, 9.17) is 0 Å². The van der Waals surface area contributed by atoms with Gasteiger partial charge >= 0.3 is 0 Å². The zero-order valence-electron chi connectivity index (χ0n) is 17.0. The number of benzene rings is 2. The minimum atomic E-state index is -3.56. The highest BCUT2D eigenvalue weighted by Crippen LogP contribution is 2.22. The van der Waals surface area contributed by atoms with Gasteiger partial charge in [0.25, 0.3) is 5.91 Å². The summed E-state index contributed by atoms with van der Waals surface area (Å²) >= 11 is 3.44. The fourth-order valence-electron chi connectivity index (χ4n) is 3.07. The van der Waals surface area contributed by atoms with Gasteiger partial charge in [-0.15, -0.1) is 0 Å². The summed E-state index contributed by atoms with van der Waals surface area (Å²) in [5.41, 5.74) is 1.91. The Morgan fingerprint density at radius 1 is 1.10 bits per heavy atom. The molecule has 0 aliphatic carbocycles. The first-order valence-corrected chi connectivity index (χ1v) is 11.7. The highest BCUT2D eigenvalue weighted by molar-refractivity contribution is 9.10. The Hall–Kier alpha value is -2.49. The molecule has 0 aliphatic rings. The summed E-state index contributed by atoms with van der Waals surface area (Å²) in [6.07, 6.45) is 0. The molecule has 0 saturated carbocycles. The summed E-state index contributed by atoms with van der Waals surface area (Å²) in [5.74, 6) is 0.174. The molecule has 0 unspecified atom stereocenters. The molecule has 1 heterocycles. The quantitative estimate of drug-likeness (QED) is 0.536. The number of aryl methyl sites for hydroxylation is 1. The molecule has 0 spiro atoms.